The van der Waals surface area contributed by atoms with Gasteiger partial charge < -0.3 is 4.74 Å². The Morgan fingerprint density at radius 1 is 1.22 bits per heavy atom. The summed E-state index contributed by atoms with van der Waals surface area (Å²) < 4.78 is 43.9. The number of hydrogen-bond acceptors (Lipinski definition) is 2. The highest BCUT2D eigenvalue weighted by Crippen LogP contribution is 2.29. The van der Waals surface area contributed by atoms with E-state index in [1.165, 1.54) is 11.8 Å². The predicted molar refractivity (Wildman–Crippen MR) is 59.9 cm³/mol. The van der Waals surface area contributed by atoms with Crippen molar-refractivity contribution in [2.45, 2.75) is 13.1 Å². The van der Waals surface area contributed by atoms with Gasteiger partial charge in [0.05, 0.1) is 12.8 Å². The Morgan fingerprint density at radius 3 is 2.50 bits per heavy atom. The number of ether oxygens (including phenoxy) is 1. The lowest BCUT2D eigenvalue weighted by Gasteiger charge is -2.06. The maximum atomic E-state index is 12.5. The van der Waals surface area contributed by atoms with Gasteiger partial charge in [0.15, 0.2) is 5.69 Å². The number of methoxy groups -OCH3 is 1. The summed E-state index contributed by atoms with van der Waals surface area (Å²) in [6.07, 6.45) is -4.44. The first-order chi connectivity index (χ1) is 8.41. The molecule has 1 aromatic carbocycles. The molecule has 0 atom stereocenters. The summed E-state index contributed by atoms with van der Waals surface area (Å²) in [5, 5.41) is 3.56. The molecule has 1 heterocycles. The van der Waals surface area contributed by atoms with E-state index >= 15 is 0 Å². The summed E-state index contributed by atoms with van der Waals surface area (Å²) in [7, 11) is 1.50. The second kappa shape index (κ2) is 4.36. The van der Waals surface area contributed by atoms with Gasteiger partial charge in [-0.3, -0.25) is 0 Å². The summed E-state index contributed by atoms with van der Waals surface area (Å²) in [6.45, 7) is 1.57. The van der Waals surface area contributed by atoms with Crippen LogP contribution in [0.3, 0.4) is 0 Å². The lowest BCUT2D eigenvalue weighted by atomic mass is 10.3. The van der Waals surface area contributed by atoms with Crippen molar-refractivity contribution in [2.75, 3.05) is 7.11 Å². The Morgan fingerprint density at radius 2 is 1.94 bits per heavy atom. The molecule has 96 valence electrons. The number of rotatable bonds is 2. The molecule has 0 spiro atoms. The molecule has 0 aliphatic carbocycles. The quantitative estimate of drug-likeness (QED) is 0.825. The Bertz CT molecular complexity index is 561. The van der Waals surface area contributed by atoms with E-state index in [1.54, 1.807) is 31.2 Å². The molecule has 0 amide bonds. The minimum atomic E-state index is -4.44. The molecule has 0 aliphatic heterocycles. The SMILES string of the molecule is COc1cccc(-n2nc(C(F)(F)F)cc2C)c1. The van der Waals surface area contributed by atoms with Crippen LogP contribution in [0.25, 0.3) is 5.69 Å². The van der Waals surface area contributed by atoms with E-state index in [9.17, 15) is 13.2 Å². The van der Waals surface area contributed by atoms with Gasteiger partial charge >= 0.3 is 6.18 Å². The van der Waals surface area contributed by atoms with Crippen LogP contribution < -0.4 is 4.74 Å². The van der Waals surface area contributed by atoms with Crippen molar-refractivity contribution < 1.29 is 17.9 Å². The highest BCUT2D eigenvalue weighted by atomic mass is 19.4. The highest BCUT2D eigenvalue weighted by molar-refractivity contribution is 5.40. The topological polar surface area (TPSA) is 27.1 Å². The Labute approximate surface area is 102 Å². The molecule has 0 saturated carbocycles. The first kappa shape index (κ1) is 12.5. The van der Waals surface area contributed by atoms with Gasteiger partial charge in [-0.1, -0.05) is 6.07 Å². The number of aromatic nitrogens is 2. The van der Waals surface area contributed by atoms with Gasteiger partial charge in [-0.05, 0) is 25.1 Å². The molecule has 2 aromatic rings. The summed E-state index contributed by atoms with van der Waals surface area (Å²) >= 11 is 0. The van der Waals surface area contributed by atoms with Crippen LogP contribution in [0.4, 0.5) is 13.2 Å². The van der Waals surface area contributed by atoms with Crippen LogP contribution in [0.2, 0.25) is 0 Å². The zero-order valence-electron chi connectivity index (χ0n) is 9.82. The number of benzene rings is 1. The second-order valence-corrected chi connectivity index (χ2v) is 3.78. The molecule has 0 bridgehead atoms. The van der Waals surface area contributed by atoms with Crippen LogP contribution in [0, 0.1) is 6.92 Å². The van der Waals surface area contributed by atoms with Crippen molar-refractivity contribution in [3.05, 3.63) is 41.7 Å². The van der Waals surface area contributed by atoms with E-state index in [4.69, 9.17) is 4.74 Å². The predicted octanol–water partition coefficient (Wildman–Crippen LogP) is 3.21. The maximum Gasteiger partial charge on any atom is 0.435 e. The molecule has 0 aliphatic rings. The van der Waals surface area contributed by atoms with Gasteiger partial charge in [0.1, 0.15) is 5.75 Å². The van der Waals surface area contributed by atoms with Crippen LogP contribution >= 0.6 is 0 Å². The van der Waals surface area contributed by atoms with Gasteiger partial charge in [0, 0.05) is 11.8 Å². The van der Waals surface area contributed by atoms with E-state index in [2.05, 4.69) is 5.10 Å². The number of halogens is 3. The third kappa shape index (κ3) is 2.32. The van der Waals surface area contributed by atoms with Crippen molar-refractivity contribution in [3.8, 4) is 11.4 Å². The highest BCUT2D eigenvalue weighted by Gasteiger charge is 2.34. The normalized spacial score (nSPS) is 11.6. The van der Waals surface area contributed by atoms with E-state index in [1.807, 2.05) is 0 Å². The van der Waals surface area contributed by atoms with Crippen LogP contribution in [0.1, 0.15) is 11.4 Å². The minimum Gasteiger partial charge on any atom is -0.497 e. The van der Waals surface area contributed by atoms with Gasteiger partial charge in [-0.25, -0.2) is 4.68 Å². The summed E-state index contributed by atoms with van der Waals surface area (Å²) in [5.74, 6) is 0.566. The third-order valence-electron chi connectivity index (χ3n) is 2.48. The molecule has 2 rings (SSSR count). The van der Waals surface area contributed by atoms with Crippen LogP contribution in [-0.2, 0) is 6.18 Å². The molecule has 1 aromatic heterocycles. The molecule has 3 nitrogen and oxygen atoms in total. The zero-order valence-corrected chi connectivity index (χ0v) is 9.82. The molecule has 0 N–H and O–H groups in total. The third-order valence-corrected chi connectivity index (χ3v) is 2.48. The molecule has 0 saturated heterocycles. The van der Waals surface area contributed by atoms with E-state index in [-0.39, 0.29) is 0 Å². The average Bonchev–Trinajstić information content (AvgIpc) is 2.71. The Balaban J connectivity index is 2.47. The molecule has 0 unspecified atom stereocenters. The van der Waals surface area contributed by atoms with Crippen molar-refractivity contribution in [1.82, 2.24) is 9.78 Å². The first-order valence-corrected chi connectivity index (χ1v) is 5.20. The second-order valence-electron chi connectivity index (χ2n) is 3.78. The van der Waals surface area contributed by atoms with E-state index in [0.29, 0.717) is 17.1 Å². The van der Waals surface area contributed by atoms with E-state index in [0.717, 1.165) is 6.07 Å². The smallest absolute Gasteiger partial charge is 0.435 e. The summed E-state index contributed by atoms with van der Waals surface area (Å²) in [5.41, 5.74) is 0.0424. The van der Waals surface area contributed by atoms with Crippen LogP contribution in [0.5, 0.6) is 5.75 Å². The fourth-order valence-electron chi connectivity index (χ4n) is 1.62. The number of aryl methyl sites for hydroxylation is 1. The maximum absolute atomic E-state index is 12.5. The summed E-state index contributed by atoms with van der Waals surface area (Å²) in [6, 6.07) is 7.72. The Kier molecular flexibility index (Phi) is 3.02. The van der Waals surface area contributed by atoms with E-state index < -0.39 is 11.9 Å². The molecule has 18 heavy (non-hydrogen) atoms. The summed E-state index contributed by atoms with van der Waals surface area (Å²) in [4.78, 5) is 0. The molecular weight excluding hydrogens is 245 g/mol. The van der Waals surface area contributed by atoms with Crippen LogP contribution in [-0.4, -0.2) is 16.9 Å². The van der Waals surface area contributed by atoms with Gasteiger partial charge in [-0.2, -0.15) is 18.3 Å². The van der Waals surface area contributed by atoms with Gasteiger partial charge in [-0.15, -0.1) is 0 Å². The van der Waals surface area contributed by atoms with Gasteiger partial charge in [0.25, 0.3) is 0 Å². The standard InChI is InChI=1S/C12H11F3N2O/c1-8-6-11(12(13,14)15)16-17(8)9-4-3-5-10(7-9)18-2/h3-7H,1-2H3. The van der Waals surface area contributed by atoms with Crippen molar-refractivity contribution >= 4 is 0 Å². The number of hydrogen-bond donors (Lipinski definition) is 0. The average molecular weight is 256 g/mol. The van der Waals surface area contributed by atoms with Crippen LogP contribution in [0.15, 0.2) is 30.3 Å². The van der Waals surface area contributed by atoms with Gasteiger partial charge in [0.2, 0.25) is 0 Å². The zero-order chi connectivity index (χ0) is 13.3. The molecular formula is C12H11F3N2O. The lowest BCUT2D eigenvalue weighted by Crippen LogP contribution is -2.07. The number of nitrogens with zero attached hydrogens (tertiary/aromatic N) is 2. The molecule has 0 radical (unpaired) electrons. The first-order valence-electron chi connectivity index (χ1n) is 5.20. The fourth-order valence-corrected chi connectivity index (χ4v) is 1.62. The molecule has 0 fully saturated rings. The Hall–Kier alpha value is -1.98. The van der Waals surface area contributed by atoms with Crippen molar-refractivity contribution in [2.24, 2.45) is 0 Å². The lowest BCUT2D eigenvalue weighted by molar-refractivity contribution is -0.141. The van der Waals surface area contributed by atoms with Crippen molar-refractivity contribution in [1.29, 1.82) is 0 Å². The number of alkyl halides is 3. The minimum absolute atomic E-state index is 0.413. The monoisotopic (exact) mass is 256 g/mol. The van der Waals surface area contributed by atoms with Crippen molar-refractivity contribution in [3.63, 3.8) is 0 Å². The molecule has 6 heteroatoms. The fraction of sp³-hybridized carbons (Fsp3) is 0.250. The largest absolute Gasteiger partial charge is 0.497 e.